The van der Waals surface area contributed by atoms with E-state index in [2.05, 4.69) is 27.4 Å². The third kappa shape index (κ3) is 3.93. The molecular weight excluding hydrogens is 292 g/mol. The highest BCUT2D eigenvalue weighted by Crippen LogP contribution is 2.21. The minimum absolute atomic E-state index is 0.347. The van der Waals surface area contributed by atoms with Crippen molar-refractivity contribution in [2.45, 2.75) is 19.6 Å². The van der Waals surface area contributed by atoms with E-state index in [9.17, 15) is 5.11 Å². The monoisotopic (exact) mass is 310 g/mol. The van der Waals surface area contributed by atoms with Gasteiger partial charge in [0.1, 0.15) is 5.75 Å². The first-order chi connectivity index (χ1) is 10.8. The molecule has 3 nitrogen and oxygen atoms in total. The Morgan fingerprint density at radius 3 is 2.50 bits per heavy atom. The van der Waals surface area contributed by atoms with Crippen molar-refractivity contribution in [3.63, 3.8) is 0 Å². The molecule has 0 atom stereocenters. The van der Waals surface area contributed by atoms with E-state index in [0.29, 0.717) is 12.3 Å². The van der Waals surface area contributed by atoms with Gasteiger partial charge in [0.25, 0.3) is 0 Å². The van der Waals surface area contributed by atoms with Gasteiger partial charge in [-0.1, -0.05) is 30.3 Å². The summed E-state index contributed by atoms with van der Waals surface area (Å²) in [6.45, 7) is 2.30. The molecule has 3 aromatic rings. The van der Waals surface area contributed by atoms with Crippen LogP contribution in [0, 0.1) is 0 Å². The minimum atomic E-state index is 0.347. The zero-order chi connectivity index (χ0) is 15.2. The van der Waals surface area contributed by atoms with Crippen molar-refractivity contribution < 1.29 is 5.11 Å². The van der Waals surface area contributed by atoms with E-state index in [1.807, 2.05) is 42.6 Å². The van der Waals surface area contributed by atoms with Gasteiger partial charge in [-0.25, -0.2) is 0 Å². The fourth-order valence-corrected chi connectivity index (χ4v) is 3.14. The van der Waals surface area contributed by atoms with Crippen LogP contribution in [0.2, 0.25) is 0 Å². The number of pyridine rings is 1. The molecule has 0 spiro atoms. The summed E-state index contributed by atoms with van der Waals surface area (Å²) in [7, 11) is 0. The van der Waals surface area contributed by atoms with Gasteiger partial charge in [-0.05, 0) is 29.6 Å². The number of hydrogen-bond donors (Lipinski definition) is 1. The predicted octanol–water partition coefficient (Wildman–Crippen LogP) is 4.05. The maximum atomic E-state index is 10.0. The molecule has 1 aromatic carbocycles. The molecule has 0 amide bonds. The molecule has 0 aliphatic rings. The first-order valence-corrected chi connectivity index (χ1v) is 8.11. The second-order valence-corrected chi connectivity index (χ2v) is 6.21. The van der Waals surface area contributed by atoms with Crippen LogP contribution >= 0.6 is 11.3 Å². The van der Waals surface area contributed by atoms with Crippen molar-refractivity contribution in [1.82, 2.24) is 9.88 Å². The van der Waals surface area contributed by atoms with Crippen molar-refractivity contribution in [2.75, 3.05) is 0 Å². The number of nitrogens with zero attached hydrogens (tertiary/aromatic N) is 2. The van der Waals surface area contributed by atoms with Crippen molar-refractivity contribution in [2.24, 2.45) is 0 Å². The first kappa shape index (κ1) is 14.8. The fraction of sp³-hybridized carbons (Fsp3) is 0.167. The molecule has 0 saturated heterocycles. The Morgan fingerprint density at radius 2 is 1.77 bits per heavy atom. The molecule has 0 bridgehead atoms. The third-order valence-electron chi connectivity index (χ3n) is 3.46. The van der Waals surface area contributed by atoms with E-state index in [1.165, 1.54) is 4.88 Å². The number of hydrogen-bond acceptors (Lipinski definition) is 4. The summed E-state index contributed by atoms with van der Waals surface area (Å²) in [4.78, 5) is 8.02. The lowest BCUT2D eigenvalue weighted by atomic mass is 10.2. The summed E-state index contributed by atoms with van der Waals surface area (Å²) in [5.41, 5.74) is 1.98. The largest absolute Gasteiger partial charge is 0.508 e. The van der Waals surface area contributed by atoms with Crippen LogP contribution in [0.3, 0.4) is 0 Å². The quantitative estimate of drug-likeness (QED) is 0.746. The standard InChI is InChI=1S/C18H18N2OS/c21-18-9-2-1-6-15(18)12-20(14-17-8-5-11-22-17)13-16-7-3-4-10-19-16/h1-11,21H,12-14H2. The molecule has 2 aromatic heterocycles. The summed E-state index contributed by atoms with van der Waals surface area (Å²) < 4.78 is 0. The highest BCUT2D eigenvalue weighted by atomic mass is 32.1. The fourth-order valence-electron chi connectivity index (χ4n) is 2.40. The number of aromatic hydroxyl groups is 1. The number of benzene rings is 1. The van der Waals surface area contributed by atoms with E-state index in [-0.39, 0.29) is 0 Å². The highest BCUT2D eigenvalue weighted by Gasteiger charge is 2.11. The average Bonchev–Trinajstić information content (AvgIpc) is 3.03. The van der Waals surface area contributed by atoms with Gasteiger partial charge in [-0.2, -0.15) is 0 Å². The summed E-state index contributed by atoms with van der Waals surface area (Å²) in [5.74, 6) is 0.347. The van der Waals surface area contributed by atoms with Gasteiger partial charge >= 0.3 is 0 Å². The molecule has 0 unspecified atom stereocenters. The molecular formula is C18H18N2OS. The van der Waals surface area contributed by atoms with Crippen LogP contribution in [-0.4, -0.2) is 15.0 Å². The molecule has 1 N–H and O–H groups in total. The molecule has 0 aliphatic carbocycles. The molecule has 112 valence electrons. The normalized spacial score (nSPS) is 11.0. The van der Waals surface area contributed by atoms with E-state index in [4.69, 9.17) is 0 Å². The van der Waals surface area contributed by atoms with Crippen LogP contribution in [0.15, 0.2) is 66.2 Å². The Kier molecular flexibility index (Phi) is 4.83. The van der Waals surface area contributed by atoms with Gasteiger partial charge in [0, 0.05) is 36.3 Å². The van der Waals surface area contributed by atoms with Crippen LogP contribution in [0.5, 0.6) is 5.75 Å². The topological polar surface area (TPSA) is 36.4 Å². The van der Waals surface area contributed by atoms with Crippen molar-refractivity contribution in [1.29, 1.82) is 0 Å². The molecule has 2 heterocycles. The predicted molar refractivity (Wildman–Crippen MR) is 89.6 cm³/mol. The van der Waals surface area contributed by atoms with Gasteiger partial charge < -0.3 is 5.11 Å². The van der Waals surface area contributed by atoms with Crippen molar-refractivity contribution in [3.05, 3.63) is 82.3 Å². The first-order valence-electron chi connectivity index (χ1n) is 7.23. The van der Waals surface area contributed by atoms with E-state index >= 15 is 0 Å². The van der Waals surface area contributed by atoms with Gasteiger partial charge in [0.2, 0.25) is 0 Å². The summed E-state index contributed by atoms with van der Waals surface area (Å²) in [5, 5.41) is 12.1. The van der Waals surface area contributed by atoms with Gasteiger partial charge in [0.15, 0.2) is 0 Å². The molecule has 0 saturated carbocycles. The van der Waals surface area contributed by atoms with E-state index in [0.717, 1.165) is 24.3 Å². The number of thiophene rings is 1. The van der Waals surface area contributed by atoms with E-state index in [1.54, 1.807) is 17.4 Å². The third-order valence-corrected chi connectivity index (χ3v) is 4.32. The number of para-hydroxylation sites is 1. The number of phenols is 1. The molecule has 22 heavy (non-hydrogen) atoms. The van der Waals surface area contributed by atoms with E-state index < -0.39 is 0 Å². The zero-order valence-electron chi connectivity index (χ0n) is 12.2. The molecule has 0 aliphatic heterocycles. The Balaban J connectivity index is 1.78. The smallest absolute Gasteiger partial charge is 0.120 e. The van der Waals surface area contributed by atoms with Crippen molar-refractivity contribution in [3.8, 4) is 5.75 Å². The maximum absolute atomic E-state index is 10.0. The van der Waals surface area contributed by atoms with Gasteiger partial charge in [-0.15, -0.1) is 11.3 Å². The molecule has 4 heteroatoms. The van der Waals surface area contributed by atoms with Crippen LogP contribution in [0.25, 0.3) is 0 Å². The average molecular weight is 310 g/mol. The summed E-state index contributed by atoms with van der Waals surface area (Å²) in [6.07, 6.45) is 1.82. The lowest BCUT2D eigenvalue weighted by Crippen LogP contribution is -2.22. The Bertz CT molecular complexity index is 698. The van der Waals surface area contributed by atoms with Crippen LogP contribution < -0.4 is 0 Å². The highest BCUT2D eigenvalue weighted by molar-refractivity contribution is 7.09. The van der Waals surface area contributed by atoms with Gasteiger partial charge in [-0.3, -0.25) is 9.88 Å². The van der Waals surface area contributed by atoms with Crippen molar-refractivity contribution >= 4 is 11.3 Å². The molecule has 3 rings (SSSR count). The lowest BCUT2D eigenvalue weighted by molar-refractivity contribution is 0.243. The zero-order valence-corrected chi connectivity index (χ0v) is 13.0. The Labute approximate surface area is 134 Å². The second kappa shape index (κ2) is 7.20. The Hall–Kier alpha value is -2.17. The number of aromatic nitrogens is 1. The SMILES string of the molecule is Oc1ccccc1CN(Cc1ccccn1)Cc1cccs1. The van der Waals surface area contributed by atoms with Crippen LogP contribution in [-0.2, 0) is 19.6 Å². The maximum Gasteiger partial charge on any atom is 0.120 e. The Morgan fingerprint density at radius 1 is 0.909 bits per heavy atom. The second-order valence-electron chi connectivity index (χ2n) is 5.17. The number of rotatable bonds is 6. The minimum Gasteiger partial charge on any atom is -0.508 e. The molecule has 0 radical (unpaired) electrons. The van der Waals surface area contributed by atoms with Crippen LogP contribution in [0.1, 0.15) is 16.1 Å². The lowest BCUT2D eigenvalue weighted by Gasteiger charge is -2.22. The van der Waals surface area contributed by atoms with Crippen LogP contribution in [0.4, 0.5) is 0 Å². The van der Waals surface area contributed by atoms with Gasteiger partial charge in [0.05, 0.1) is 5.69 Å². The molecule has 0 fully saturated rings. The number of phenolic OH excluding ortho intramolecular Hbond substituents is 1. The summed E-state index contributed by atoms with van der Waals surface area (Å²) >= 11 is 1.75. The summed E-state index contributed by atoms with van der Waals surface area (Å²) in [6, 6.07) is 17.7.